The fourth-order valence-electron chi connectivity index (χ4n) is 3.01. The van der Waals surface area contributed by atoms with Gasteiger partial charge in [0.1, 0.15) is 10.7 Å². The van der Waals surface area contributed by atoms with Crippen LogP contribution in [-0.4, -0.2) is 18.4 Å². The molecule has 0 aliphatic rings. The quantitative estimate of drug-likeness (QED) is 0.537. The predicted octanol–water partition coefficient (Wildman–Crippen LogP) is 3.58. The Balaban J connectivity index is 1.82. The van der Waals surface area contributed by atoms with E-state index < -0.39 is 10.0 Å². The fraction of sp³-hybridized carbons (Fsp3) is 0.100. The highest BCUT2D eigenvalue weighted by atomic mass is 32.2. The second-order valence-electron chi connectivity index (χ2n) is 6.61. The summed E-state index contributed by atoms with van der Waals surface area (Å²) in [5.74, 6) is 0.381. The number of H-pyrrole nitrogens is 1. The molecule has 0 aliphatic carbocycles. The van der Waals surface area contributed by atoms with Gasteiger partial charge in [-0.25, -0.2) is 18.5 Å². The van der Waals surface area contributed by atoms with Crippen molar-refractivity contribution < 1.29 is 8.42 Å². The second-order valence-corrected chi connectivity index (χ2v) is 9.03. The molecule has 28 heavy (non-hydrogen) atoms. The van der Waals surface area contributed by atoms with Gasteiger partial charge in [-0.05, 0) is 54.8 Å². The molecule has 4 rings (SSSR count). The van der Waals surface area contributed by atoms with Crippen molar-refractivity contribution in [2.24, 2.45) is 5.14 Å². The van der Waals surface area contributed by atoms with Crippen LogP contribution in [0.1, 0.15) is 11.1 Å². The van der Waals surface area contributed by atoms with Crippen molar-refractivity contribution in [3.63, 3.8) is 0 Å². The topological polar surface area (TPSA) is 106 Å². The Bertz CT molecular complexity index is 1370. The Hall–Kier alpha value is -2.81. The first-order valence-corrected chi connectivity index (χ1v) is 10.9. The number of nitrogens with one attached hydrogen (secondary N) is 1. The summed E-state index contributed by atoms with van der Waals surface area (Å²) in [7, 11) is -3.77. The van der Waals surface area contributed by atoms with Gasteiger partial charge in [-0.3, -0.25) is 4.79 Å². The van der Waals surface area contributed by atoms with Crippen molar-refractivity contribution in [2.45, 2.75) is 18.7 Å². The predicted molar refractivity (Wildman–Crippen MR) is 112 cm³/mol. The molecule has 4 aromatic rings. The SMILES string of the molecule is Cc1ccc(-c2csc3nc(-c4ccc(S(N)(=O)=O)cc4)[nH]c(=O)c23)cc1C. The summed E-state index contributed by atoms with van der Waals surface area (Å²) in [5, 5.41) is 7.61. The lowest BCUT2D eigenvalue weighted by Crippen LogP contribution is -2.12. The van der Waals surface area contributed by atoms with E-state index in [1.165, 1.54) is 29.0 Å². The average Bonchev–Trinajstić information content (AvgIpc) is 3.08. The van der Waals surface area contributed by atoms with E-state index in [-0.39, 0.29) is 10.5 Å². The normalized spacial score (nSPS) is 11.8. The maximum Gasteiger partial charge on any atom is 0.260 e. The number of rotatable bonds is 3. The summed E-state index contributed by atoms with van der Waals surface area (Å²) < 4.78 is 22.8. The number of aromatic amines is 1. The number of benzene rings is 2. The number of hydrogen-bond donors (Lipinski definition) is 2. The van der Waals surface area contributed by atoms with Crippen LogP contribution in [-0.2, 0) is 10.0 Å². The molecule has 0 unspecified atom stereocenters. The number of aromatic nitrogens is 2. The molecule has 0 bridgehead atoms. The van der Waals surface area contributed by atoms with Crippen molar-refractivity contribution >= 4 is 31.6 Å². The number of hydrogen-bond acceptors (Lipinski definition) is 5. The van der Waals surface area contributed by atoms with Gasteiger partial charge in [-0.15, -0.1) is 11.3 Å². The summed E-state index contributed by atoms with van der Waals surface area (Å²) >= 11 is 1.40. The van der Waals surface area contributed by atoms with Crippen LogP contribution in [0.5, 0.6) is 0 Å². The van der Waals surface area contributed by atoms with Gasteiger partial charge in [-0.1, -0.05) is 18.2 Å². The molecular formula is C20H17N3O3S2. The summed E-state index contributed by atoms with van der Waals surface area (Å²) in [5.41, 5.74) is 4.56. The van der Waals surface area contributed by atoms with E-state index in [1.54, 1.807) is 12.1 Å². The molecule has 0 amide bonds. The molecule has 0 saturated heterocycles. The first-order valence-electron chi connectivity index (χ1n) is 8.46. The van der Waals surface area contributed by atoms with E-state index in [0.717, 1.165) is 16.7 Å². The number of fused-ring (bicyclic) bond motifs is 1. The Morgan fingerprint density at radius 3 is 2.32 bits per heavy atom. The minimum absolute atomic E-state index is 0.00725. The lowest BCUT2D eigenvalue weighted by atomic mass is 10.0. The number of sulfonamides is 1. The van der Waals surface area contributed by atoms with E-state index in [0.29, 0.717) is 21.6 Å². The molecule has 0 atom stereocenters. The Morgan fingerprint density at radius 1 is 1.00 bits per heavy atom. The number of nitrogens with two attached hydrogens (primary N) is 1. The summed E-state index contributed by atoms with van der Waals surface area (Å²) in [6.07, 6.45) is 0. The van der Waals surface area contributed by atoms with Gasteiger partial charge < -0.3 is 4.98 Å². The minimum atomic E-state index is -3.77. The van der Waals surface area contributed by atoms with Crippen LogP contribution < -0.4 is 10.7 Å². The molecule has 0 fully saturated rings. The van der Waals surface area contributed by atoms with E-state index in [9.17, 15) is 13.2 Å². The highest BCUT2D eigenvalue weighted by Gasteiger charge is 2.15. The van der Waals surface area contributed by atoms with Crippen LogP contribution in [0.3, 0.4) is 0 Å². The highest BCUT2D eigenvalue weighted by Crippen LogP contribution is 2.32. The standard InChI is InChI=1S/C20H17N3O3S2/c1-11-3-4-14(9-12(11)2)16-10-27-20-17(16)19(24)22-18(23-20)13-5-7-15(8-6-13)28(21,25)26/h3-10H,1-2H3,(H2,21,25,26)(H,22,23,24). The zero-order valence-electron chi connectivity index (χ0n) is 15.2. The number of thiophene rings is 1. The first kappa shape index (κ1) is 18.5. The third kappa shape index (κ3) is 3.26. The van der Waals surface area contributed by atoms with Gasteiger partial charge in [0.2, 0.25) is 10.0 Å². The molecule has 2 aromatic carbocycles. The van der Waals surface area contributed by atoms with Gasteiger partial charge in [0.05, 0.1) is 10.3 Å². The van der Waals surface area contributed by atoms with Crippen LogP contribution >= 0.6 is 11.3 Å². The van der Waals surface area contributed by atoms with Crippen molar-refractivity contribution in [1.82, 2.24) is 9.97 Å². The van der Waals surface area contributed by atoms with Gasteiger partial charge in [0, 0.05) is 16.5 Å². The van der Waals surface area contributed by atoms with Crippen LogP contribution in [0.2, 0.25) is 0 Å². The molecule has 0 spiro atoms. The maximum absolute atomic E-state index is 12.8. The van der Waals surface area contributed by atoms with E-state index in [2.05, 4.69) is 16.0 Å². The van der Waals surface area contributed by atoms with E-state index >= 15 is 0 Å². The molecule has 3 N–H and O–H groups in total. The van der Waals surface area contributed by atoms with Crippen molar-refractivity contribution in [3.8, 4) is 22.5 Å². The van der Waals surface area contributed by atoms with Crippen molar-refractivity contribution in [3.05, 3.63) is 69.3 Å². The van der Waals surface area contributed by atoms with Crippen LogP contribution in [0.15, 0.2) is 57.5 Å². The number of nitrogens with zero attached hydrogens (tertiary/aromatic N) is 1. The fourth-order valence-corrected chi connectivity index (χ4v) is 4.47. The molecule has 0 radical (unpaired) electrons. The Labute approximate surface area is 165 Å². The molecular weight excluding hydrogens is 394 g/mol. The molecule has 8 heteroatoms. The molecule has 0 saturated carbocycles. The largest absolute Gasteiger partial charge is 0.306 e. The monoisotopic (exact) mass is 411 g/mol. The van der Waals surface area contributed by atoms with Crippen molar-refractivity contribution in [2.75, 3.05) is 0 Å². The summed E-state index contributed by atoms with van der Waals surface area (Å²) in [4.78, 5) is 20.8. The molecule has 0 aliphatic heterocycles. The lowest BCUT2D eigenvalue weighted by molar-refractivity contribution is 0.598. The Morgan fingerprint density at radius 2 is 1.68 bits per heavy atom. The summed E-state index contributed by atoms with van der Waals surface area (Å²) in [6, 6.07) is 12.0. The minimum Gasteiger partial charge on any atom is -0.306 e. The summed E-state index contributed by atoms with van der Waals surface area (Å²) in [6.45, 7) is 4.09. The average molecular weight is 412 g/mol. The lowest BCUT2D eigenvalue weighted by Gasteiger charge is -2.05. The zero-order chi connectivity index (χ0) is 20.1. The highest BCUT2D eigenvalue weighted by molar-refractivity contribution is 7.89. The number of primary sulfonamides is 1. The third-order valence-corrected chi connectivity index (χ3v) is 6.52. The van der Waals surface area contributed by atoms with Crippen LogP contribution in [0.4, 0.5) is 0 Å². The molecule has 2 aromatic heterocycles. The second kappa shape index (κ2) is 6.66. The Kier molecular flexibility index (Phi) is 4.41. The van der Waals surface area contributed by atoms with E-state index in [1.807, 2.05) is 31.4 Å². The third-order valence-electron chi connectivity index (χ3n) is 4.72. The molecule has 6 nitrogen and oxygen atoms in total. The van der Waals surface area contributed by atoms with Gasteiger partial charge >= 0.3 is 0 Å². The van der Waals surface area contributed by atoms with Gasteiger partial charge in [0.25, 0.3) is 5.56 Å². The zero-order valence-corrected chi connectivity index (χ0v) is 16.8. The van der Waals surface area contributed by atoms with Crippen LogP contribution in [0.25, 0.3) is 32.7 Å². The first-order chi connectivity index (χ1) is 13.2. The smallest absolute Gasteiger partial charge is 0.260 e. The molecule has 2 heterocycles. The maximum atomic E-state index is 12.8. The van der Waals surface area contributed by atoms with Gasteiger partial charge in [-0.2, -0.15) is 0 Å². The van der Waals surface area contributed by atoms with Crippen LogP contribution in [0, 0.1) is 13.8 Å². The molecule has 142 valence electrons. The van der Waals surface area contributed by atoms with E-state index in [4.69, 9.17) is 5.14 Å². The number of aryl methyl sites for hydroxylation is 2. The van der Waals surface area contributed by atoms with Crippen molar-refractivity contribution in [1.29, 1.82) is 0 Å². The van der Waals surface area contributed by atoms with Gasteiger partial charge in [0.15, 0.2) is 0 Å².